The number of nitrogens with zero attached hydrogens (tertiary/aromatic N) is 1. The second kappa shape index (κ2) is 4.99. The number of benzene rings is 1. The minimum absolute atomic E-state index is 0.873. The Morgan fingerprint density at radius 3 is 3.06 bits per heavy atom. The Morgan fingerprint density at radius 1 is 1.38 bits per heavy atom. The summed E-state index contributed by atoms with van der Waals surface area (Å²) >= 11 is 0. The SMILES string of the molecule is C=CCNCCn1ccc2cc(C)ccc21. The molecule has 0 aliphatic rings. The maximum Gasteiger partial charge on any atom is 0.0480 e. The lowest BCUT2D eigenvalue weighted by Crippen LogP contribution is -2.19. The molecule has 0 bridgehead atoms. The van der Waals surface area contributed by atoms with Crippen LogP contribution in [-0.2, 0) is 6.54 Å². The second-order valence-corrected chi connectivity index (χ2v) is 4.06. The van der Waals surface area contributed by atoms with Gasteiger partial charge in [-0.05, 0) is 30.5 Å². The summed E-state index contributed by atoms with van der Waals surface area (Å²) < 4.78 is 2.28. The van der Waals surface area contributed by atoms with E-state index in [2.05, 4.69) is 53.8 Å². The summed E-state index contributed by atoms with van der Waals surface area (Å²) in [5, 5.41) is 4.63. The van der Waals surface area contributed by atoms with Crippen LogP contribution in [0.4, 0.5) is 0 Å². The van der Waals surface area contributed by atoms with Gasteiger partial charge < -0.3 is 9.88 Å². The molecule has 0 saturated carbocycles. The normalized spacial score (nSPS) is 10.8. The highest BCUT2D eigenvalue weighted by Gasteiger charge is 1.99. The van der Waals surface area contributed by atoms with Crippen LogP contribution in [0.3, 0.4) is 0 Å². The van der Waals surface area contributed by atoms with Crippen LogP contribution in [-0.4, -0.2) is 17.7 Å². The molecule has 0 saturated heterocycles. The molecular formula is C14H18N2. The first kappa shape index (κ1) is 11.0. The molecule has 1 N–H and O–H groups in total. The van der Waals surface area contributed by atoms with Crippen molar-refractivity contribution in [2.75, 3.05) is 13.1 Å². The molecule has 2 nitrogen and oxygen atoms in total. The van der Waals surface area contributed by atoms with Crippen molar-refractivity contribution < 1.29 is 0 Å². The van der Waals surface area contributed by atoms with Gasteiger partial charge in [-0.1, -0.05) is 17.7 Å². The zero-order valence-electron chi connectivity index (χ0n) is 9.74. The molecule has 0 aliphatic carbocycles. The van der Waals surface area contributed by atoms with Crippen LogP contribution in [0.1, 0.15) is 5.56 Å². The number of aromatic nitrogens is 1. The predicted octanol–water partition coefficient (Wildman–Crippen LogP) is 2.73. The Hall–Kier alpha value is -1.54. The summed E-state index contributed by atoms with van der Waals surface area (Å²) in [5.41, 5.74) is 2.63. The van der Waals surface area contributed by atoms with Gasteiger partial charge in [-0.25, -0.2) is 0 Å². The standard InChI is InChI=1S/C14H18N2/c1-3-7-15-8-10-16-9-6-13-11-12(2)4-5-14(13)16/h3-6,9,11,15H,1,7-8,10H2,2H3. The van der Waals surface area contributed by atoms with E-state index in [1.807, 2.05) is 6.08 Å². The molecule has 0 fully saturated rings. The van der Waals surface area contributed by atoms with E-state index in [-0.39, 0.29) is 0 Å². The summed E-state index contributed by atoms with van der Waals surface area (Å²) in [4.78, 5) is 0. The van der Waals surface area contributed by atoms with Crippen molar-refractivity contribution in [1.29, 1.82) is 0 Å². The minimum atomic E-state index is 0.873. The van der Waals surface area contributed by atoms with E-state index in [1.54, 1.807) is 0 Å². The zero-order chi connectivity index (χ0) is 11.4. The first-order valence-electron chi connectivity index (χ1n) is 5.68. The van der Waals surface area contributed by atoms with Gasteiger partial charge in [0.05, 0.1) is 0 Å². The van der Waals surface area contributed by atoms with Crippen molar-refractivity contribution in [3.8, 4) is 0 Å². The van der Waals surface area contributed by atoms with Gasteiger partial charge in [0.1, 0.15) is 0 Å². The first-order valence-corrected chi connectivity index (χ1v) is 5.68. The first-order chi connectivity index (χ1) is 7.81. The highest BCUT2D eigenvalue weighted by Crippen LogP contribution is 2.16. The van der Waals surface area contributed by atoms with Gasteiger partial charge in [0.2, 0.25) is 0 Å². The number of rotatable bonds is 5. The number of hydrogen-bond donors (Lipinski definition) is 1. The molecule has 2 rings (SSSR count). The van der Waals surface area contributed by atoms with E-state index < -0.39 is 0 Å². The topological polar surface area (TPSA) is 17.0 Å². The molecule has 0 atom stereocenters. The van der Waals surface area contributed by atoms with Crippen molar-refractivity contribution in [1.82, 2.24) is 9.88 Å². The van der Waals surface area contributed by atoms with Gasteiger partial charge in [-0.3, -0.25) is 0 Å². The lowest BCUT2D eigenvalue weighted by atomic mass is 10.2. The molecule has 0 unspecified atom stereocenters. The maximum atomic E-state index is 3.69. The van der Waals surface area contributed by atoms with Gasteiger partial charge in [-0.15, -0.1) is 6.58 Å². The quantitative estimate of drug-likeness (QED) is 0.598. The van der Waals surface area contributed by atoms with E-state index in [0.29, 0.717) is 0 Å². The third-order valence-corrected chi connectivity index (χ3v) is 2.74. The van der Waals surface area contributed by atoms with Crippen molar-refractivity contribution >= 4 is 10.9 Å². The van der Waals surface area contributed by atoms with Crippen LogP contribution in [0.2, 0.25) is 0 Å². The Kier molecular flexibility index (Phi) is 3.42. The Labute approximate surface area is 96.6 Å². The van der Waals surface area contributed by atoms with Gasteiger partial charge in [0.25, 0.3) is 0 Å². The fourth-order valence-electron chi connectivity index (χ4n) is 1.92. The van der Waals surface area contributed by atoms with Gasteiger partial charge >= 0.3 is 0 Å². The van der Waals surface area contributed by atoms with Gasteiger partial charge in [0.15, 0.2) is 0 Å². The summed E-state index contributed by atoms with van der Waals surface area (Å²) in [7, 11) is 0. The molecule has 16 heavy (non-hydrogen) atoms. The molecule has 1 aromatic carbocycles. The molecule has 0 radical (unpaired) electrons. The van der Waals surface area contributed by atoms with Crippen LogP contribution < -0.4 is 5.32 Å². The van der Waals surface area contributed by atoms with Crippen LogP contribution in [0.5, 0.6) is 0 Å². The van der Waals surface area contributed by atoms with Crippen molar-refractivity contribution in [2.45, 2.75) is 13.5 Å². The largest absolute Gasteiger partial charge is 0.346 e. The van der Waals surface area contributed by atoms with Crippen LogP contribution in [0.25, 0.3) is 10.9 Å². The third kappa shape index (κ3) is 2.34. The molecular weight excluding hydrogens is 196 g/mol. The van der Waals surface area contributed by atoms with Crippen LogP contribution in [0, 0.1) is 6.92 Å². The average molecular weight is 214 g/mol. The van der Waals surface area contributed by atoms with Gasteiger partial charge in [0, 0.05) is 31.3 Å². The highest BCUT2D eigenvalue weighted by molar-refractivity contribution is 5.80. The van der Waals surface area contributed by atoms with Crippen molar-refractivity contribution in [3.05, 3.63) is 48.7 Å². The summed E-state index contributed by atoms with van der Waals surface area (Å²) in [6, 6.07) is 8.76. The van der Waals surface area contributed by atoms with E-state index in [1.165, 1.54) is 16.5 Å². The highest BCUT2D eigenvalue weighted by atomic mass is 15.0. The number of hydrogen-bond acceptors (Lipinski definition) is 1. The minimum Gasteiger partial charge on any atom is -0.346 e. The number of fused-ring (bicyclic) bond motifs is 1. The summed E-state index contributed by atoms with van der Waals surface area (Å²) in [5.74, 6) is 0. The third-order valence-electron chi connectivity index (χ3n) is 2.74. The van der Waals surface area contributed by atoms with E-state index >= 15 is 0 Å². The van der Waals surface area contributed by atoms with Crippen molar-refractivity contribution in [3.63, 3.8) is 0 Å². The Balaban J connectivity index is 2.09. The fraction of sp³-hybridized carbons (Fsp3) is 0.286. The lowest BCUT2D eigenvalue weighted by molar-refractivity contribution is 0.641. The summed E-state index contributed by atoms with van der Waals surface area (Å²) in [6.07, 6.45) is 4.04. The monoisotopic (exact) mass is 214 g/mol. The molecule has 1 aromatic heterocycles. The molecule has 2 aromatic rings. The second-order valence-electron chi connectivity index (χ2n) is 4.06. The van der Waals surface area contributed by atoms with E-state index in [9.17, 15) is 0 Å². The number of nitrogens with one attached hydrogen (secondary N) is 1. The predicted molar refractivity (Wildman–Crippen MR) is 69.7 cm³/mol. The molecule has 2 heteroatoms. The molecule has 0 aliphatic heterocycles. The van der Waals surface area contributed by atoms with Gasteiger partial charge in [-0.2, -0.15) is 0 Å². The van der Waals surface area contributed by atoms with E-state index in [0.717, 1.165) is 19.6 Å². The smallest absolute Gasteiger partial charge is 0.0480 e. The van der Waals surface area contributed by atoms with Crippen molar-refractivity contribution in [2.24, 2.45) is 0 Å². The average Bonchev–Trinajstić information content (AvgIpc) is 2.67. The lowest BCUT2D eigenvalue weighted by Gasteiger charge is -2.06. The molecule has 0 amide bonds. The molecule has 1 heterocycles. The zero-order valence-corrected chi connectivity index (χ0v) is 9.74. The Bertz CT molecular complexity index is 482. The Morgan fingerprint density at radius 2 is 2.25 bits per heavy atom. The molecule has 84 valence electrons. The van der Waals surface area contributed by atoms with E-state index in [4.69, 9.17) is 0 Å². The fourth-order valence-corrected chi connectivity index (χ4v) is 1.92. The summed E-state index contributed by atoms with van der Waals surface area (Å²) in [6.45, 7) is 8.66. The molecule has 0 spiro atoms. The van der Waals surface area contributed by atoms with Crippen LogP contribution >= 0.6 is 0 Å². The number of aryl methyl sites for hydroxylation is 1. The maximum absolute atomic E-state index is 3.69. The van der Waals surface area contributed by atoms with Crippen LogP contribution in [0.15, 0.2) is 43.1 Å².